The van der Waals surface area contributed by atoms with Crippen molar-refractivity contribution in [3.63, 3.8) is 0 Å². The van der Waals surface area contributed by atoms with Gasteiger partial charge < -0.3 is 14.7 Å². The number of carbonyl (C=O) groups is 2. The molecule has 184 valence electrons. The minimum absolute atomic E-state index is 0.0217. The van der Waals surface area contributed by atoms with Gasteiger partial charge in [0.1, 0.15) is 11.4 Å². The van der Waals surface area contributed by atoms with Crippen molar-refractivity contribution in [2.75, 3.05) is 37.6 Å². The molecule has 2 fully saturated rings. The molecule has 0 unspecified atom stereocenters. The Hall–Kier alpha value is -3.20. The first-order valence-electron chi connectivity index (χ1n) is 12.3. The Morgan fingerprint density at radius 1 is 1.06 bits per heavy atom. The number of carbonyl (C=O) groups excluding carboxylic acids is 2. The molecule has 9 heteroatoms. The number of piperazine rings is 1. The third-order valence-electron chi connectivity index (χ3n) is 7.23. The standard InChI is InChI=1S/C26H31N5O3S/c1-18-8-6-7-11-31(18)21(32)16-30-17-27-24-22(25(30)33)19(2)23(35-24)26(34)29-14-12-28(13-15-29)20-9-4-3-5-10-20/h3-5,9-10,17-18H,6-8,11-16H2,1-2H3/t18-/m0/s1. The Balaban J connectivity index is 1.33. The molecule has 1 atom stereocenters. The lowest BCUT2D eigenvalue weighted by Crippen LogP contribution is -2.48. The van der Waals surface area contributed by atoms with E-state index >= 15 is 0 Å². The van der Waals surface area contributed by atoms with Crippen LogP contribution in [-0.4, -0.2) is 69.9 Å². The molecule has 2 saturated heterocycles. The van der Waals surface area contributed by atoms with E-state index in [1.54, 1.807) is 0 Å². The number of benzene rings is 1. The molecule has 0 aliphatic carbocycles. The molecule has 8 nitrogen and oxygen atoms in total. The number of hydrogen-bond donors (Lipinski definition) is 0. The normalized spacial score (nSPS) is 18.8. The molecule has 2 amide bonds. The minimum Gasteiger partial charge on any atom is -0.368 e. The van der Waals surface area contributed by atoms with E-state index in [4.69, 9.17) is 0 Å². The number of thiophene rings is 1. The number of likely N-dealkylation sites (tertiary alicyclic amines) is 1. The number of aromatic nitrogens is 2. The maximum atomic E-state index is 13.4. The third kappa shape index (κ3) is 4.57. The molecule has 2 aliphatic heterocycles. The van der Waals surface area contributed by atoms with Crippen LogP contribution in [0.5, 0.6) is 0 Å². The molecule has 4 heterocycles. The van der Waals surface area contributed by atoms with Crippen LogP contribution in [-0.2, 0) is 11.3 Å². The van der Waals surface area contributed by atoms with Gasteiger partial charge in [0.2, 0.25) is 5.91 Å². The van der Waals surface area contributed by atoms with Crippen molar-refractivity contribution >= 4 is 39.1 Å². The summed E-state index contributed by atoms with van der Waals surface area (Å²) < 4.78 is 1.39. The van der Waals surface area contributed by atoms with Crippen LogP contribution < -0.4 is 10.5 Å². The lowest BCUT2D eigenvalue weighted by atomic mass is 10.0. The van der Waals surface area contributed by atoms with Crippen LogP contribution in [0.25, 0.3) is 10.2 Å². The first kappa shape index (κ1) is 23.5. The molecule has 2 aromatic heterocycles. The highest BCUT2D eigenvalue weighted by atomic mass is 32.1. The fraction of sp³-hybridized carbons (Fsp3) is 0.462. The summed E-state index contributed by atoms with van der Waals surface area (Å²) in [6.07, 6.45) is 4.56. The highest BCUT2D eigenvalue weighted by molar-refractivity contribution is 7.20. The first-order valence-corrected chi connectivity index (χ1v) is 13.1. The Kier molecular flexibility index (Phi) is 6.60. The number of anilines is 1. The zero-order valence-electron chi connectivity index (χ0n) is 20.3. The fourth-order valence-electron chi connectivity index (χ4n) is 5.13. The van der Waals surface area contributed by atoms with Crippen LogP contribution in [0.4, 0.5) is 5.69 Å². The van der Waals surface area contributed by atoms with Crippen molar-refractivity contribution in [2.24, 2.45) is 0 Å². The molecular weight excluding hydrogens is 462 g/mol. The van der Waals surface area contributed by atoms with Gasteiger partial charge in [0.25, 0.3) is 11.5 Å². The number of hydrogen-bond acceptors (Lipinski definition) is 6. The van der Waals surface area contributed by atoms with E-state index in [1.807, 2.05) is 34.9 Å². The van der Waals surface area contributed by atoms with E-state index in [0.29, 0.717) is 33.7 Å². The van der Waals surface area contributed by atoms with Crippen molar-refractivity contribution in [3.05, 3.63) is 57.5 Å². The zero-order valence-corrected chi connectivity index (χ0v) is 21.1. The SMILES string of the molecule is Cc1c(C(=O)N2CCN(c3ccccc3)CC2)sc2ncn(CC(=O)N3CCCC[C@@H]3C)c(=O)c12. The number of piperidine rings is 1. The van der Waals surface area contributed by atoms with Gasteiger partial charge in [-0.25, -0.2) is 4.98 Å². The molecular formula is C26H31N5O3S. The number of amides is 2. The zero-order chi connectivity index (χ0) is 24.5. The van der Waals surface area contributed by atoms with Gasteiger partial charge in [0.15, 0.2) is 0 Å². The monoisotopic (exact) mass is 493 g/mol. The molecule has 0 radical (unpaired) electrons. The molecule has 0 bridgehead atoms. The summed E-state index contributed by atoms with van der Waals surface area (Å²) in [6.45, 7) is 7.37. The Bertz CT molecular complexity index is 1290. The summed E-state index contributed by atoms with van der Waals surface area (Å²) in [5.74, 6) is -0.108. The average molecular weight is 494 g/mol. The lowest BCUT2D eigenvalue weighted by molar-refractivity contribution is -0.135. The Labute approximate surface area is 208 Å². The summed E-state index contributed by atoms with van der Waals surface area (Å²) in [6, 6.07) is 10.4. The van der Waals surface area contributed by atoms with Gasteiger partial charge >= 0.3 is 0 Å². The molecule has 3 aromatic rings. The van der Waals surface area contributed by atoms with E-state index in [2.05, 4.69) is 28.9 Å². The van der Waals surface area contributed by atoms with Crippen LogP contribution in [0, 0.1) is 6.92 Å². The van der Waals surface area contributed by atoms with Gasteiger partial charge in [-0.3, -0.25) is 19.0 Å². The second kappa shape index (κ2) is 9.81. The lowest BCUT2D eigenvalue weighted by Gasteiger charge is -2.36. The quantitative estimate of drug-likeness (QED) is 0.558. The van der Waals surface area contributed by atoms with E-state index in [9.17, 15) is 14.4 Å². The second-order valence-electron chi connectivity index (χ2n) is 9.46. The van der Waals surface area contributed by atoms with Crippen LogP contribution in [0.15, 0.2) is 41.5 Å². The number of aryl methyl sites for hydroxylation is 1. The van der Waals surface area contributed by atoms with E-state index < -0.39 is 0 Å². The predicted octanol–water partition coefficient (Wildman–Crippen LogP) is 3.13. The molecule has 5 rings (SSSR count). The molecule has 0 N–H and O–H groups in total. The van der Waals surface area contributed by atoms with Crippen LogP contribution in [0.1, 0.15) is 41.4 Å². The van der Waals surface area contributed by atoms with Crippen LogP contribution >= 0.6 is 11.3 Å². The number of rotatable bonds is 4. The predicted molar refractivity (Wildman–Crippen MR) is 138 cm³/mol. The summed E-state index contributed by atoms with van der Waals surface area (Å²) in [5, 5.41) is 0.447. The number of para-hydroxylation sites is 1. The van der Waals surface area contributed by atoms with Crippen molar-refractivity contribution in [1.29, 1.82) is 0 Å². The summed E-state index contributed by atoms with van der Waals surface area (Å²) in [5.41, 5.74) is 1.57. The minimum atomic E-state index is -0.255. The summed E-state index contributed by atoms with van der Waals surface area (Å²) >= 11 is 1.27. The van der Waals surface area contributed by atoms with Gasteiger partial charge in [-0.15, -0.1) is 11.3 Å². The largest absolute Gasteiger partial charge is 0.368 e. The van der Waals surface area contributed by atoms with E-state index in [0.717, 1.165) is 44.6 Å². The van der Waals surface area contributed by atoms with Gasteiger partial charge in [-0.05, 0) is 50.8 Å². The van der Waals surface area contributed by atoms with Crippen LogP contribution in [0.3, 0.4) is 0 Å². The Morgan fingerprint density at radius 3 is 2.51 bits per heavy atom. The van der Waals surface area contributed by atoms with Crippen LogP contribution in [0.2, 0.25) is 0 Å². The number of nitrogens with zero attached hydrogens (tertiary/aromatic N) is 5. The van der Waals surface area contributed by atoms with Crippen molar-refractivity contribution in [3.8, 4) is 0 Å². The van der Waals surface area contributed by atoms with E-state index in [-0.39, 0.29) is 30.0 Å². The van der Waals surface area contributed by atoms with Gasteiger partial charge in [0.05, 0.1) is 16.6 Å². The summed E-state index contributed by atoms with van der Waals surface area (Å²) in [4.78, 5) is 51.1. The Morgan fingerprint density at radius 2 is 1.80 bits per heavy atom. The van der Waals surface area contributed by atoms with Crippen molar-refractivity contribution in [1.82, 2.24) is 19.4 Å². The molecule has 2 aliphatic rings. The third-order valence-corrected chi connectivity index (χ3v) is 8.42. The maximum absolute atomic E-state index is 13.4. The van der Waals surface area contributed by atoms with Gasteiger partial charge in [0, 0.05) is 44.5 Å². The van der Waals surface area contributed by atoms with Gasteiger partial charge in [-0.2, -0.15) is 0 Å². The molecule has 0 saturated carbocycles. The maximum Gasteiger partial charge on any atom is 0.264 e. The van der Waals surface area contributed by atoms with Crippen molar-refractivity contribution < 1.29 is 9.59 Å². The second-order valence-corrected chi connectivity index (χ2v) is 10.5. The fourth-order valence-corrected chi connectivity index (χ4v) is 6.24. The highest BCUT2D eigenvalue weighted by Gasteiger charge is 2.28. The number of fused-ring (bicyclic) bond motifs is 1. The summed E-state index contributed by atoms with van der Waals surface area (Å²) in [7, 11) is 0. The average Bonchev–Trinajstić information content (AvgIpc) is 3.23. The smallest absolute Gasteiger partial charge is 0.264 e. The molecule has 35 heavy (non-hydrogen) atoms. The van der Waals surface area contributed by atoms with Crippen molar-refractivity contribution in [2.45, 2.75) is 45.7 Å². The highest BCUT2D eigenvalue weighted by Crippen LogP contribution is 2.29. The first-order chi connectivity index (χ1) is 16.9. The molecule has 0 spiro atoms. The van der Waals surface area contributed by atoms with Gasteiger partial charge in [-0.1, -0.05) is 18.2 Å². The van der Waals surface area contributed by atoms with E-state index in [1.165, 1.54) is 22.2 Å². The molecule has 1 aromatic carbocycles. The topological polar surface area (TPSA) is 78.8 Å².